The van der Waals surface area contributed by atoms with E-state index in [0.717, 1.165) is 37.9 Å². The van der Waals surface area contributed by atoms with E-state index >= 15 is 0 Å². The van der Waals surface area contributed by atoms with Gasteiger partial charge in [-0.25, -0.2) is 13.4 Å². The van der Waals surface area contributed by atoms with Crippen LogP contribution in [0.2, 0.25) is 0 Å². The van der Waals surface area contributed by atoms with Crippen molar-refractivity contribution < 1.29 is 17.6 Å². The highest BCUT2D eigenvalue weighted by Gasteiger charge is 2.37. The smallest absolute Gasteiger partial charge is 0.251 e. The molecule has 37 heavy (non-hydrogen) atoms. The third-order valence-corrected chi connectivity index (χ3v) is 9.69. The molecule has 8 nitrogen and oxygen atoms in total. The average Bonchev–Trinajstić information content (AvgIpc) is 3.56. The van der Waals surface area contributed by atoms with Crippen molar-refractivity contribution in [1.82, 2.24) is 20.2 Å². The van der Waals surface area contributed by atoms with Gasteiger partial charge in [-0.2, -0.15) is 0 Å². The van der Waals surface area contributed by atoms with E-state index in [0.29, 0.717) is 41.1 Å². The first-order valence-corrected chi connectivity index (χ1v) is 14.8. The van der Waals surface area contributed by atoms with Gasteiger partial charge in [-0.15, -0.1) is 0 Å². The third-order valence-electron chi connectivity index (χ3n) is 7.57. The zero-order valence-electron chi connectivity index (χ0n) is 21.2. The minimum absolute atomic E-state index is 0.103. The number of aromatic nitrogens is 2. The van der Waals surface area contributed by atoms with Crippen molar-refractivity contribution in [2.24, 2.45) is 0 Å². The normalized spacial score (nSPS) is 20.7. The lowest BCUT2D eigenvalue weighted by Gasteiger charge is -2.32. The molecule has 1 amide bonds. The second kappa shape index (κ2) is 11.1. The monoisotopic (exact) mass is 522 g/mol. The molecule has 3 heterocycles. The summed E-state index contributed by atoms with van der Waals surface area (Å²) in [6.07, 6.45) is 9.50. The first kappa shape index (κ1) is 25.6. The van der Waals surface area contributed by atoms with Crippen LogP contribution in [-0.2, 0) is 22.1 Å². The molecule has 1 saturated heterocycles. The molecule has 2 aliphatic rings. The highest BCUT2D eigenvalue weighted by atomic mass is 32.2. The Kier molecular flexibility index (Phi) is 7.71. The van der Waals surface area contributed by atoms with Crippen LogP contribution >= 0.6 is 0 Å². The second-order valence-corrected chi connectivity index (χ2v) is 12.4. The van der Waals surface area contributed by atoms with Gasteiger partial charge in [-0.3, -0.25) is 9.78 Å². The van der Waals surface area contributed by atoms with Gasteiger partial charge in [0.1, 0.15) is 5.76 Å². The largest absolute Gasteiger partial charge is 0.441 e. The Balaban J connectivity index is 1.21. The summed E-state index contributed by atoms with van der Waals surface area (Å²) in [5.74, 6) is 0.587. The van der Waals surface area contributed by atoms with Crippen LogP contribution in [0, 0.1) is 6.92 Å². The summed E-state index contributed by atoms with van der Waals surface area (Å²) >= 11 is 0. The number of nitrogens with one attached hydrogen (secondary N) is 1. The Hall–Kier alpha value is -3.04. The molecule has 2 aromatic heterocycles. The average molecular weight is 523 g/mol. The molecule has 1 aromatic carbocycles. The summed E-state index contributed by atoms with van der Waals surface area (Å²) in [7, 11) is -3.33. The number of hydrogen-bond acceptors (Lipinski definition) is 7. The molecule has 1 saturated carbocycles. The van der Waals surface area contributed by atoms with Crippen molar-refractivity contribution in [3.63, 3.8) is 0 Å². The molecule has 0 spiro atoms. The standard InChI is InChI=1S/C28H34N4O4S/c1-20-26(19-37(34,35)25-12-11-24(16-25)32-14-3-2-4-15-32)31-28(36-20)23-9-7-22(8-10-23)27(33)30-18-21-6-5-13-29-17-21/h5-10,13,17,24-25H,2-4,11-12,14-16,18-19H2,1H3,(H,30,33). The van der Waals surface area contributed by atoms with Crippen LogP contribution in [-0.4, -0.2) is 53.6 Å². The number of sulfone groups is 1. The number of hydrogen-bond donors (Lipinski definition) is 1. The number of benzene rings is 1. The molecular weight excluding hydrogens is 488 g/mol. The fraction of sp³-hybridized carbons (Fsp3) is 0.464. The van der Waals surface area contributed by atoms with E-state index in [4.69, 9.17) is 4.42 Å². The summed E-state index contributed by atoms with van der Waals surface area (Å²) < 4.78 is 32.4. The SMILES string of the molecule is Cc1oc(-c2ccc(C(=O)NCc3cccnc3)cc2)nc1CS(=O)(=O)C1CCC(N2CCCCC2)C1. The van der Waals surface area contributed by atoms with Crippen LogP contribution in [0.4, 0.5) is 0 Å². The van der Waals surface area contributed by atoms with Crippen LogP contribution in [0.15, 0.2) is 53.2 Å². The predicted octanol–water partition coefficient (Wildman–Crippen LogP) is 4.30. The predicted molar refractivity (Wildman–Crippen MR) is 142 cm³/mol. The van der Waals surface area contributed by atoms with Crippen LogP contribution in [0.25, 0.3) is 11.5 Å². The summed E-state index contributed by atoms with van der Waals surface area (Å²) in [5, 5.41) is 2.56. The van der Waals surface area contributed by atoms with E-state index in [2.05, 4.69) is 20.2 Å². The number of likely N-dealkylation sites (tertiary alicyclic amines) is 1. The molecular formula is C28H34N4O4S. The van der Waals surface area contributed by atoms with Crippen molar-refractivity contribution in [2.45, 2.75) is 69.0 Å². The number of oxazole rings is 1. The topological polar surface area (TPSA) is 105 Å². The molecule has 3 aromatic rings. The molecule has 1 aliphatic carbocycles. The Bertz CT molecular complexity index is 1320. The number of pyridine rings is 1. The van der Waals surface area contributed by atoms with Crippen molar-refractivity contribution in [1.29, 1.82) is 0 Å². The Labute approximate surface area is 218 Å². The van der Waals surface area contributed by atoms with E-state index in [1.54, 1.807) is 43.6 Å². The number of nitrogens with zero attached hydrogens (tertiary/aromatic N) is 3. The highest BCUT2D eigenvalue weighted by Crippen LogP contribution is 2.33. The molecule has 2 unspecified atom stereocenters. The lowest BCUT2D eigenvalue weighted by atomic mass is 10.1. The van der Waals surface area contributed by atoms with Gasteiger partial charge in [0.15, 0.2) is 9.84 Å². The maximum atomic E-state index is 13.3. The number of rotatable bonds is 8. The zero-order chi connectivity index (χ0) is 25.8. The van der Waals surface area contributed by atoms with E-state index in [-0.39, 0.29) is 16.9 Å². The van der Waals surface area contributed by atoms with Gasteiger partial charge in [0.05, 0.1) is 16.7 Å². The third kappa shape index (κ3) is 6.10. The molecule has 1 aliphatic heterocycles. The molecule has 2 fully saturated rings. The van der Waals surface area contributed by atoms with E-state index in [1.807, 2.05) is 12.1 Å². The van der Waals surface area contributed by atoms with Crippen molar-refractivity contribution in [2.75, 3.05) is 13.1 Å². The summed E-state index contributed by atoms with van der Waals surface area (Å²) in [6, 6.07) is 11.1. The Morgan fingerprint density at radius 2 is 1.89 bits per heavy atom. The van der Waals surface area contributed by atoms with Crippen molar-refractivity contribution in [3.05, 3.63) is 71.4 Å². The van der Waals surface area contributed by atoms with Gasteiger partial charge in [0, 0.05) is 36.1 Å². The van der Waals surface area contributed by atoms with E-state index in [1.165, 1.54) is 19.3 Å². The van der Waals surface area contributed by atoms with Crippen LogP contribution in [0.1, 0.15) is 65.9 Å². The maximum absolute atomic E-state index is 13.3. The summed E-state index contributed by atoms with van der Waals surface area (Å²) in [6.45, 7) is 4.33. The van der Waals surface area contributed by atoms with Gasteiger partial charge in [-0.1, -0.05) is 12.5 Å². The molecule has 5 rings (SSSR count). The molecule has 2 atom stereocenters. The van der Waals surface area contributed by atoms with Crippen molar-refractivity contribution in [3.8, 4) is 11.5 Å². The summed E-state index contributed by atoms with van der Waals surface area (Å²) in [5.41, 5.74) is 2.60. The lowest BCUT2D eigenvalue weighted by molar-refractivity contribution is 0.0951. The zero-order valence-corrected chi connectivity index (χ0v) is 22.0. The summed E-state index contributed by atoms with van der Waals surface area (Å²) in [4.78, 5) is 23.6. The minimum Gasteiger partial charge on any atom is -0.441 e. The van der Waals surface area contributed by atoms with Crippen molar-refractivity contribution >= 4 is 15.7 Å². The van der Waals surface area contributed by atoms with Gasteiger partial charge >= 0.3 is 0 Å². The van der Waals surface area contributed by atoms with E-state index in [9.17, 15) is 13.2 Å². The van der Waals surface area contributed by atoms with Crippen LogP contribution in [0.3, 0.4) is 0 Å². The van der Waals surface area contributed by atoms with Gasteiger partial charge < -0.3 is 14.6 Å². The van der Waals surface area contributed by atoms with Gasteiger partial charge in [0.2, 0.25) is 5.89 Å². The highest BCUT2D eigenvalue weighted by molar-refractivity contribution is 7.91. The number of carbonyl (C=O) groups is 1. The number of aryl methyl sites for hydroxylation is 1. The number of carbonyl (C=O) groups excluding carboxylic acids is 1. The Morgan fingerprint density at radius 3 is 2.62 bits per heavy atom. The van der Waals surface area contributed by atoms with E-state index < -0.39 is 9.84 Å². The first-order chi connectivity index (χ1) is 17.9. The number of amides is 1. The first-order valence-electron chi connectivity index (χ1n) is 13.1. The molecule has 0 bridgehead atoms. The molecule has 1 N–H and O–H groups in total. The second-order valence-electron chi connectivity index (χ2n) is 10.1. The fourth-order valence-electron chi connectivity index (χ4n) is 5.40. The minimum atomic E-state index is -3.33. The van der Waals surface area contributed by atoms with Crippen LogP contribution < -0.4 is 5.32 Å². The maximum Gasteiger partial charge on any atom is 0.251 e. The molecule has 9 heteroatoms. The molecule has 196 valence electrons. The number of piperidine rings is 1. The Morgan fingerprint density at radius 1 is 1.11 bits per heavy atom. The van der Waals surface area contributed by atoms with Gasteiger partial charge in [0.25, 0.3) is 5.91 Å². The quantitative estimate of drug-likeness (QED) is 0.470. The van der Waals surface area contributed by atoms with Crippen LogP contribution in [0.5, 0.6) is 0 Å². The lowest BCUT2D eigenvalue weighted by Crippen LogP contribution is -2.38. The fourth-order valence-corrected chi connectivity index (χ4v) is 7.30. The van der Waals surface area contributed by atoms with Gasteiger partial charge in [-0.05, 0) is 88.0 Å². The molecule has 0 radical (unpaired) electrons.